The molecule has 0 spiro atoms. The van der Waals surface area contributed by atoms with Gasteiger partial charge in [0, 0.05) is 6.20 Å². The zero-order chi connectivity index (χ0) is 20.7. The number of anilines is 1. The highest BCUT2D eigenvalue weighted by Gasteiger charge is 2.29. The summed E-state index contributed by atoms with van der Waals surface area (Å²) in [6, 6.07) is 0.697. The van der Waals surface area contributed by atoms with Crippen molar-refractivity contribution < 1.29 is 28.1 Å². The molecule has 1 aromatic heterocycles. The molecule has 12 heteroatoms. The summed E-state index contributed by atoms with van der Waals surface area (Å²) in [6.07, 6.45) is 1.42. The average Bonchev–Trinajstić information content (AvgIpc) is 3.08. The summed E-state index contributed by atoms with van der Waals surface area (Å²) in [7, 11) is -2.72. The van der Waals surface area contributed by atoms with Gasteiger partial charge in [-0.2, -0.15) is 4.98 Å². The number of carbonyl (C=O) groups excluding carboxylic acids is 1. The van der Waals surface area contributed by atoms with E-state index in [0.717, 1.165) is 12.8 Å². The summed E-state index contributed by atoms with van der Waals surface area (Å²) in [6.45, 7) is 5.32. The fraction of sp³-hybridized carbons (Fsp3) is 0.688. The molecule has 0 saturated carbocycles. The lowest BCUT2D eigenvalue weighted by Crippen LogP contribution is -2.33. The van der Waals surface area contributed by atoms with Gasteiger partial charge in [-0.1, -0.05) is 13.3 Å². The zero-order valence-electron chi connectivity index (χ0n) is 16.1. The summed E-state index contributed by atoms with van der Waals surface area (Å²) < 4.78 is 34.6. The third-order valence-electron chi connectivity index (χ3n) is 3.95. The predicted octanol–water partition coefficient (Wildman–Crippen LogP) is 0.813. The number of nitrogen functional groups attached to an aromatic ring is 1. The number of esters is 1. The maximum atomic E-state index is 12.0. The summed E-state index contributed by atoms with van der Waals surface area (Å²) in [4.78, 5) is 27.3. The van der Waals surface area contributed by atoms with Crippen molar-refractivity contribution in [3.63, 3.8) is 0 Å². The van der Waals surface area contributed by atoms with Gasteiger partial charge in [0.15, 0.2) is 12.5 Å². The second-order valence-corrected chi connectivity index (χ2v) is 7.55. The van der Waals surface area contributed by atoms with Gasteiger partial charge in [0.2, 0.25) is 0 Å². The first kappa shape index (κ1) is 22.5. The summed E-state index contributed by atoms with van der Waals surface area (Å²) in [5.74, 6) is -0.381. The minimum absolute atomic E-state index is 0.103. The van der Waals surface area contributed by atoms with Crippen molar-refractivity contribution in [2.24, 2.45) is 0 Å². The van der Waals surface area contributed by atoms with Gasteiger partial charge in [-0.15, -0.1) is 0 Å². The van der Waals surface area contributed by atoms with Crippen LogP contribution in [-0.4, -0.2) is 47.2 Å². The Morgan fingerprint density at radius 1 is 1.54 bits per heavy atom. The molecule has 1 aliphatic rings. The Balaban J connectivity index is 1.74. The number of nitrogens with zero attached hydrogens (tertiary/aromatic N) is 2. The Kier molecular flexibility index (Phi) is 8.58. The van der Waals surface area contributed by atoms with Crippen LogP contribution in [0.15, 0.2) is 17.1 Å². The molecule has 11 nitrogen and oxygen atoms in total. The fourth-order valence-corrected chi connectivity index (χ4v) is 3.35. The zero-order valence-corrected chi connectivity index (χ0v) is 17.1. The van der Waals surface area contributed by atoms with E-state index in [9.17, 15) is 14.2 Å². The molecular formula is C16H27N4O7P. The van der Waals surface area contributed by atoms with Gasteiger partial charge < -0.3 is 24.5 Å². The van der Waals surface area contributed by atoms with Crippen LogP contribution < -0.4 is 16.5 Å². The fourth-order valence-electron chi connectivity index (χ4n) is 2.51. The van der Waals surface area contributed by atoms with Crippen LogP contribution in [0.2, 0.25) is 0 Å². The van der Waals surface area contributed by atoms with Gasteiger partial charge in [0.25, 0.3) is 8.18 Å². The topological polar surface area (TPSA) is 144 Å². The van der Waals surface area contributed by atoms with E-state index in [1.54, 1.807) is 13.8 Å². The Morgan fingerprint density at radius 3 is 2.96 bits per heavy atom. The minimum Gasteiger partial charge on any atom is -0.462 e. The molecule has 2 heterocycles. The second kappa shape index (κ2) is 10.7. The molecule has 5 atom stereocenters. The smallest absolute Gasteiger partial charge is 0.351 e. The molecule has 0 amide bonds. The predicted molar refractivity (Wildman–Crippen MR) is 101 cm³/mol. The Bertz CT molecular complexity index is 744. The van der Waals surface area contributed by atoms with Crippen LogP contribution in [-0.2, 0) is 28.1 Å². The molecule has 0 bridgehead atoms. The molecule has 28 heavy (non-hydrogen) atoms. The van der Waals surface area contributed by atoms with Crippen molar-refractivity contribution in [2.75, 3.05) is 18.9 Å². The molecule has 1 aliphatic heterocycles. The lowest BCUT2D eigenvalue weighted by atomic mass is 10.2. The molecule has 0 aliphatic carbocycles. The van der Waals surface area contributed by atoms with Crippen LogP contribution in [0.25, 0.3) is 0 Å². The largest absolute Gasteiger partial charge is 0.462 e. The van der Waals surface area contributed by atoms with Gasteiger partial charge in [-0.3, -0.25) is 13.9 Å². The quantitative estimate of drug-likeness (QED) is 0.414. The Labute approximate surface area is 163 Å². The number of ether oxygens (including phenoxy) is 3. The molecule has 1 unspecified atom stereocenters. The van der Waals surface area contributed by atoms with E-state index in [0.29, 0.717) is 0 Å². The number of nitrogens with one attached hydrogen (secondary N) is 1. The van der Waals surface area contributed by atoms with Crippen LogP contribution in [0.5, 0.6) is 0 Å². The Morgan fingerprint density at radius 2 is 2.29 bits per heavy atom. The van der Waals surface area contributed by atoms with Crippen molar-refractivity contribution in [1.29, 1.82) is 0 Å². The molecule has 2 rings (SSSR count). The highest BCUT2D eigenvalue weighted by atomic mass is 31.1. The molecular weight excluding hydrogens is 391 g/mol. The maximum absolute atomic E-state index is 12.0. The minimum atomic E-state index is -2.72. The van der Waals surface area contributed by atoms with Gasteiger partial charge in [0.05, 0.1) is 12.7 Å². The first-order valence-corrected chi connectivity index (χ1v) is 10.4. The maximum Gasteiger partial charge on any atom is 0.351 e. The van der Waals surface area contributed by atoms with E-state index >= 15 is 0 Å². The second-order valence-electron chi connectivity index (χ2n) is 6.40. The van der Waals surface area contributed by atoms with E-state index in [4.69, 9.17) is 24.5 Å². The SMILES string of the molecule is CCC[C@H](C)OC(=O)[C@H](C)N[PH](=O)OC[C@H]1OC[C@@H](n2ccc(N)nc2=O)O1. The Hall–Kier alpha value is -1.78. The van der Waals surface area contributed by atoms with E-state index in [2.05, 4.69) is 10.1 Å². The number of hydrogen-bond acceptors (Lipinski definition) is 9. The number of hydrogen-bond donors (Lipinski definition) is 2. The molecule has 1 saturated heterocycles. The van der Waals surface area contributed by atoms with Gasteiger partial charge >= 0.3 is 11.7 Å². The number of rotatable bonds is 10. The van der Waals surface area contributed by atoms with Crippen LogP contribution in [0.3, 0.4) is 0 Å². The number of carbonyl (C=O) groups is 1. The van der Waals surface area contributed by atoms with E-state index < -0.39 is 38.4 Å². The number of nitrogens with two attached hydrogens (primary N) is 1. The van der Waals surface area contributed by atoms with Crippen LogP contribution in [0.1, 0.15) is 39.8 Å². The third-order valence-corrected chi connectivity index (χ3v) is 5.04. The molecule has 1 fully saturated rings. The van der Waals surface area contributed by atoms with Crippen LogP contribution >= 0.6 is 8.18 Å². The lowest BCUT2D eigenvalue weighted by molar-refractivity contribution is -0.150. The monoisotopic (exact) mass is 418 g/mol. The van der Waals surface area contributed by atoms with Crippen molar-refractivity contribution >= 4 is 20.0 Å². The first-order valence-electron chi connectivity index (χ1n) is 9.05. The summed E-state index contributed by atoms with van der Waals surface area (Å²) in [5, 5.41) is 2.57. The normalized spacial score (nSPS) is 22.5. The standard InChI is InChI=1S/C16H27N4O7P/c1-4-5-10(2)26-15(21)11(3)19-28(23)25-9-14-24-8-13(27-14)20-7-6-12(17)18-16(20)22/h6-7,10-11,13-14,28H,4-5,8-9H2,1-3H3,(H,19,23)(H2,17,18,22)/t10-,11-,13-,14-/m0/s1. The van der Waals surface area contributed by atoms with Crippen molar-refractivity contribution in [1.82, 2.24) is 14.6 Å². The van der Waals surface area contributed by atoms with Crippen LogP contribution in [0, 0.1) is 0 Å². The van der Waals surface area contributed by atoms with E-state index in [1.807, 2.05) is 6.92 Å². The highest BCUT2D eigenvalue weighted by molar-refractivity contribution is 7.36. The summed E-state index contributed by atoms with van der Waals surface area (Å²) >= 11 is 0. The van der Waals surface area contributed by atoms with E-state index in [-0.39, 0.29) is 25.1 Å². The average molecular weight is 418 g/mol. The first-order chi connectivity index (χ1) is 13.3. The number of aromatic nitrogens is 2. The molecule has 0 aromatic carbocycles. The van der Waals surface area contributed by atoms with Crippen molar-refractivity contribution in [3.8, 4) is 0 Å². The third kappa shape index (κ3) is 6.68. The molecule has 3 N–H and O–H groups in total. The molecule has 158 valence electrons. The van der Waals surface area contributed by atoms with Crippen molar-refractivity contribution in [2.45, 2.75) is 58.3 Å². The van der Waals surface area contributed by atoms with Crippen molar-refractivity contribution in [3.05, 3.63) is 22.7 Å². The molecule has 1 aromatic rings. The van der Waals surface area contributed by atoms with Gasteiger partial charge in [-0.25, -0.2) is 9.88 Å². The van der Waals surface area contributed by atoms with Gasteiger partial charge in [-0.05, 0) is 26.3 Å². The highest BCUT2D eigenvalue weighted by Crippen LogP contribution is 2.24. The van der Waals surface area contributed by atoms with Gasteiger partial charge in [0.1, 0.15) is 18.5 Å². The molecule has 0 radical (unpaired) electrons. The van der Waals surface area contributed by atoms with Crippen LogP contribution in [0.4, 0.5) is 5.82 Å². The summed E-state index contributed by atoms with van der Waals surface area (Å²) in [5.41, 5.74) is 4.89. The lowest BCUT2D eigenvalue weighted by Gasteiger charge is -2.18. The van der Waals surface area contributed by atoms with E-state index in [1.165, 1.54) is 16.8 Å².